The molecule has 0 radical (unpaired) electrons. The Hall–Kier alpha value is -1.42. The average molecular weight is 217 g/mol. The molecule has 4 nitrogen and oxygen atoms in total. The summed E-state index contributed by atoms with van der Waals surface area (Å²) in [5, 5.41) is 2.90. The molecule has 0 aliphatic carbocycles. The molecule has 3 rings (SSSR count). The monoisotopic (exact) mass is 217 g/mol. The first-order chi connectivity index (χ1) is 7.72. The Morgan fingerprint density at radius 2 is 2.19 bits per heavy atom. The molecule has 1 N–H and O–H groups in total. The van der Waals surface area contributed by atoms with Crippen LogP contribution in [0.15, 0.2) is 18.3 Å². The highest BCUT2D eigenvalue weighted by Gasteiger charge is 2.48. The van der Waals surface area contributed by atoms with Crippen molar-refractivity contribution >= 4 is 11.7 Å². The molecule has 1 fully saturated rings. The van der Waals surface area contributed by atoms with Crippen LogP contribution in [-0.2, 0) is 10.2 Å². The molecule has 1 aromatic heterocycles. The van der Waals surface area contributed by atoms with Gasteiger partial charge in [0.25, 0.3) is 0 Å². The molecular weight excluding hydrogens is 202 g/mol. The van der Waals surface area contributed by atoms with Crippen LogP contribution >= 0.6 is 0 Å². The maximum atomic E-state index is 12.1. The molecule has 0 unspecified atom stereocenters. The number of hydrogen-bond donors (Lipinski definition) is 1. The normalized spacial score (nSPS) is 23.2. The summed E-state index contributed by atoms with van der Waals surface area (Å²) in [5.74, 6) is 0.895. The number of rotatable bonds is 0. The topological polar surface area (TPSA) is 45.2 Å². The molecule has 0 bridgehead atoms. The van der Waals surface area contributed by atoms with Gasteiger partial charge in [0.15, 0.2) is 0 Å². The lowest BCUT2D eigenvalue weighted by Crippen LogP contribution is -2.45. The minimum absolute atomic E-state index is 0.134. The highest BCUT2D eigenvalue weighted by Crippen LogP contribution is 2.43. The quantitative estimate of drug-likeness (QED) is 0.705. The van der Waals surface area contributed by atoms with Crippen LogP contribution in [0.25, 0.3) is 0 Å². The third kappa shape index (κ3) is 1.19. The number of carbonyl (C=O) groups excluding carboxylic acids is 1. The number of pyridine rings is 1. The molecule has 0 aromatic carbocycles. The molecule has 2 aliphatic rings. The Kier molecular flexibility index (Phi) is 2.01. The zero-order valence-electron chi connectivity index (χ0n) is 9.36. The fourth-order valence-corrected chi connectivity index (χ4v) is 2.74. The van der Waals surface area contributed by atoms with Crippen molar-refractivity contribution in [1.29, 1.82) is 0 Å². The van der Waals surface area contributed by atoms with Crippen molar-refractivity contribution in [2.45, 2.75) is 18.3 Å². The van der Waals surface area contributed by atoms with E-state index in [0.717, 1.165) is 37.3 Å². The minimum Gasteiger partial charge on any atom is -0.310 e. The largest absolute Gasteiger partial charge is 0.310 e. The van der Waals surface area contributed by atoms with Crippen molar-refractivity contribution < 1.29 is 4.79 Å². The number of nitrogens with zero attached hydrogens (tertiary/aromatic N) is 2. The summed E-state index contributed by atoms with van der Waals surface area (Å²) in [7, 11) is 2.10. The van der Waals surface area contributed by atoms with Crippen LogP contribution in [0.5, 0.6) is 0 Å². The Labute approximate surface area is 94.7 Å². The van der Waals surface area contributed by atoms with Gasteiger partial charge in [-0.15, -0.1) is 0 Å². The van der Waals surface area contributed by atoms with Crippen molar-refractivity contribution in [1.82, 2.24) is 9.88 Å². The van der Waals surface area contributed by atoms with Crippen LogP contribution in [-0.4, -0.2) is 35.9 Å². The van der Waals surface area contributed by atoms with Crippen LogP contribution in [0.3, 0.4) is 0 Å². The molecule has 0 atom stereocenters. The van der Waals surface area contributed by atoms with Crippen molar-refractivity contribution in [2.24, 2.45) is 0 Å². The van der Waals surface area contributed by atoms with Gasteiger partial charge in [-0.05, 0) is 39.0 Å². The van der Waals surface area contributed by atoms with E-state index in [4.69, 9.17) is 0 Å². The number of anilines is 1. The molecule has 84 valence electrons. The molecule has 3 heterocycles. The highest BCUT2D eigenvalue weighted by atomic mass is 16.2. The van der Waals surface area contributed by atoms with Crippen LogP contribution in [0.2, 0.25) is 0 Å². The summed E-state index contributed by atoms with van der Waals surface area (Å²) in [6.45, 7) is 1.95. The average Bonchev–Trinajstić information content (AvgIpc) is 2.57. The molecule has 4 heteroatoms. The summed E-state index contributed by atoms with van der Waals surface area (Å²) in [6.07, 6.45) is 3.52. The minimum atomic E-state index is -0.309. The Bertz CT molecular complexity index is 436. The van der Waals surface area contributed by atoms with Crippen LogP contribution < -0.4 is 5.32 Å². The Morgan fingerprint density at radius 1 is 1.44 bits per heavy atom. The first kappa shape index (κ1) is 9.78. The van der Waals surface area contributed by atoms with Gasteiger partial charge >= 0.3 is 0 Å². The van der Waals surface area contributed by atoms with Gasteiger partial charge in [-0.25, -0.2) is 4.98 Å². The van der Waals surface area contributed by atoms with Gasteiger partial charge in [0.05, 0.1) is 5.41 Å². The first-order valence-corrected chi connectivity index (χ1v) is 5.68. The van der Waals surface area contributed by atoms with Gasteiger partial charge in [-0.1, -0.05) is 6.07 Å². The number of fused-ring (bicyclic) bond motifs is 2. The highest BCUT2D eigenvalue weighted by molar-refractivity contribution is 6.05. The third-order valence-electron chi connectivity index (χ3n) is 3.83. The summed E-state index contributed by atoms with van der Waals surface area (Å²) in [5.41, 5.74) is 0.781. The van der Waals surface area contributed by atoms with Gasteiger partial charge in [0.1, 0.15) is 5.82 Å². The predicted molar refractivity (Wildman–Crippen MR) is 61.3 cm³/mol. The van der Waals surface area contributed by atoms with E-state index in [9.17, 15) is 4.79 Å². The van der Waals surface area contributed by atoms with Crippen LogP contribution in [0.1, 0.15) is 18.4 Å². The van der Waals surface area contributed by atoms with E-state index in [1.54, 1.807) is 6.20 Å². The number of nitrogens with one attached hydrogen (secondary N) is 1. The molecule has 1 aromatic rings. The third-order valence-corrected chi connectivity index (χ3v) is 3.83. The molecule has 1 saturated heterocycles. The zero-order chi connectivity index (χ0) is 11.2. The lowest BCUT2D eigenvalue weighted by Gasteiger charge is -2.35. The molecule has 0 saturated carbocycles. The second kappa shape index (κ2) is 3.28. The number of aromatic nitrogens is 1. The summed E-state index contributed by atoms with van der Waals surface area (Å²) < 4.78 is 0. The Morgan fingerprint density at radius 3 is 2.94 bits per heavy atom. The lowest BCUT2D eigenvalue weighted by atomic mass is 9.74. The molecule has 16 heavy (non-hydrogen) atoms. The number of amides is 1. The summed E-state index contributed by atoms with van der Waals surface area (Å²) >= 11 is 0. The van der Waals surface area contributed by atoms with E-state index in [-0.39, 0.29) is 11.3 Å². The van der Waals surface area contributed by atoms with Gasteiger partial charge in [0, 0.05) is 11.8 Å². The maximum absolute atomic E-state index is 12.1. The molecule has 2 aliphatic heterocycles. The van der Waals surface area contributed by atoms with Crippen LogP contribution in [0, 0.1) is 0 Å². The van der Waals surface area contributed by atoms with Gasteiger partial charge in [-0.2, -0.15) is 0 Å². The smallest absolute Gasteiger partial charge is 0.236 e. The zero-order valence-corrected chi connectivity index (χ0v) is 9.36. The summed E-state index contributed by atoms with van der Waals surface area (Å²) in [6, 6.07) is 3.95. The number of hydrogen-bond acceptors (Lipinski definition) is 3. The van der Waals surface area contributed by atoms with Gasteiger partial charge in [0.2, 0.25) is 5.91 Å². The van der Waals surface area contributed by atoms with E-state index < -0.39 is 0 Å². The van der Waals surface area contributed by atoms with Crippen molar-refractivity contribution in [3.8, 4) is 0 Å². The van der Waals surface area contributed by atoms with E-state index in [1.807, 2.05) is 12.1 Å². The number of piperidine rings is 1. The molecule has 1 spiro atoms. The van der Waals surface area contributed by atoms with Gasteiger partial charge in [-0.3, -0.25) is 4.79 Å². The van der Waals surface area contributed by atoms with Crippen molar-refractivity contribution in [3.05, 3.63) is 23.9 Å². The molecule has 1 amide bonds. The Balaban J connectivity index is 2.04. The first-order valence-electron chi connectivity index (χ1n) is 5.68. The van der Waals surface area contributed by atoms with E-state index in [0.29, 0.717) is 0 Å². The van der Waals surface area contributed by atoms with Gasteiger partial charge < -0.3 is 10.2 Å². The van der Waals surface area contributed by atoms with Crippen LogP contribution in [0.4, 0.5) is 5.82 Å². The van der Waals surface area contributed by atoms with E-state index in [2.05, 4.69) is 22.2 Å². The van der Waals surface area contributed by atoms with E-state index >= 15 is 0 Å². The van der Waals surface area contributed by atoms with E-state index in [1.165, 1.54) is 0 Å². The second-order valence-electron chi connectivity index (χ2n) is 4.74. The fraction of sp³-hybridized carbons (Fsp3) is 0.500. The van der Waals surface area contributed by atoms with Crippen molar-refractivity contribution in [3.63, 3.8) is 0 Å². The SMILES string of the molecule is CN1CCC2(CC1)C(=O)Nc1ncccc12. The summed E-state index contributed by atoms with van der Waals surface area (Å²) in [4.78, 5) is 18.6. The maximum Gasteiger partial charge on any atom is 0.236 e. The fourth-order valence-electron chi connectivity index (χ4n) is 2.74. The predicted octanol–water partition coefficient (Wildman–Crippen LogP) is 0.997. The lowest BCUT2D eigenvalue weighted by molar-refractivity contribution is -0.122. The number of carbonyl (C=O) groups is 1. The number of likely N-dealkylation sites (tertiary alicyclic amines) is 1. The second-order valence-corrected chi connectivity index (χ2v) is 4.74. The standard InChI is InChI=1S/C12H15N3O/c1-15-7-4-12(5-8-15)9-3-2-6-13-10(9)14-11(12)16/h2-3,6H,4-5,7-8H2,1H3,(H,13,14,16). The molecular formula is C12H15N3O. The van der Waals surface area contributed by atoms with Crippen molar-refractivity contribution in [2.75, 3.05) is 25.5 Å².